The number of rotatable bonds is 5. The van der Waals surface area contributed by atoms with Crippen LogP contribution in [-0.2, 0) is 4.74 Å². The van der Waals surface area contributed by atoms with Gasteiger partial charge in [0.05, 0.1) is 39.9 Å². The number of nitrogen functional groups attached to an aromatic ring is 1. The van der Waals surface area contributed by atoms with E-state index in [2.05, 4.69) is 21.8 Å². The summed E-state index contributed by atoms with van der Waals surface area (Å²) in [5.74, 6) is -0.635. The van der Waals surface area contributed by atoms with Crippen molar-refractivity contribution in [2.24, 2.45) is 0 Å². The summed E-state index contributed by atoms with van der Waals surface area (Å²) in [6, 6.07) is 4.88. The summed E-state index contributed by atoms with van der Waals surface area (Å²) < 4.78 is 50.2. The van der Waals surface area contributed by atoms with E-state index >= 15 is 4.39 Å². The van der Waals surface area contributed by atoms with Crippen molar-refractivity contribution >= 4 is 54.7 Å². The van der Waals surface area contributed by atoms with Crippen LogP contribution in [0.3, 0.4) is 0 Å². The molecule has 0 radical (unpaired) electrons. The highest BCUT2D eigenvalue weighted by molar-refractivity contribution is 7.23. The van der Waals surface area contributed by atoms with Crippen LogP contribution in [0.15, 0.2) is 12.1 Å². The quantitative estimate of drug-likeness (QED) is 0.296. The third kappa shape index (κ3) is 4.52. The van der Waals surface area contributed by atoms with Crippen LogP contribution in [0.1, 0.15) is 31.7 Å². The first-order chi connectivity index (χ1) is 20.8. The summed E-state index contributed by atoms with van der Waals surface area (Å²) in [5.41, 5.74) is 6.27. The van der Waals surface area contributed by atoms with Gasteiger partial charge < -0.3 is 24.8 Å². The lowest BCUT2D eigenvalue weighted by Crippen LogP contribution is -2.39. The van der Waals surface area contributed by atoms with E-state index in [4.69, 9.17) is 36.5 Å². The average molecular weight is 627 g/mol. The minimum atomic E-state index is -0.752. The first-order valence-electron chi connectivity index (χ1n) is 14.3. The molecule has 3 aliphatic rings. The second-order valence-corrected chi connectivity index (χ2v) is 12.6. The van der Waals surface area contributed by atoms with Gasteiger partial charge in [-0.25, -0.2) is 8.78 Å². The Morgan fingerprint density at radius 2 is 2.05 bits per heavy atom. The lowest BCUT2D eigenvalue weighted by atomic mass is 9.96. The summed E-state index contributed by atoms with van der Waals surface area (Å²) in [6.07, 6.45) is 2.57. The summed E-state index contributed by atoms with van der Waals surface area (Å²) in [5, 5.41) is 10.5. The molecule has 0 amide bonds. The summed E-state index contributed by atoms with van der Waals surface area (Å²) in [7, 11) is 2.06. The Morgan fingerprint density at radius 3 is 2.77 bits per heavy atom. The molecule has 3 atom stereocenters. The van der Waals surface area contributed by atoms with Crippen LogP contribution in [0.25, 0.3) is 32.1 Å². The van der Waals surface area contributed by atoms with Gasteiger partial charge in [0, 0.05) is 23.6 Å². The van der Waals surface area contributed by atoms with Crippen molar-refractivity contribution in [1.82, 2.24) is 14.9 Å². The maximum Gasteiger partial charge on any atom is 0.319 e. The van der Waals surface area contributed by atoms with E-state index < -0.39 is 11.6 Å². The number of fused-ring (bicyclic) bond motifs is 1. The van der Waals surface area contributed by atoms with Crippen molar-refractivity contribution in [1.29, 1.82) is 5.26 Å². The van der Waals surface area contributed by atoms with Crippen molar-refractivity contribution in [2.75, 3.05) is 50.6 Å². The molecule has 5 heterocycles. The molecular weight excluding hydrogens is 598 g/mol. The molecule has 224 valence electrons. The van der Waals surface area contributed by atoms with E-state index in [-0.39, 0.29) is 78.9 Å². The zero-order chi connectivity index (χ0) is 30.0. The second-order valence-electron chi connectivity index (χ2n) is 11.2. The van der Waals surface area contributed by atoms with Gasteiger partial charge in [-0.3, -0.25) is 4.90 Å². The van der Waals surface area contributed by atoms with E-state index in [9.17, 15) is 9.65 Å². The minimum Gasteiger partial charge on any atom is -0.489 e. The van der Waals surface area contributed by atoms with Crippen LogP contribution >= 0.6 is 22.9 Å². The Labute approximate surface area is 255 Å². The van der Waals surface area contributed by atoms with Crippen molar-refractivity contribution in [3.05, 3.63) is 34.4 Å². The highest BCUT2D eigenvalue weighted by atomic mass is 35.5. The Kier molecular flexibility index (Phi) is 7.16. The molecule has 2 N–H and O–H groups in total. The molecule has 0 bridgehead atoms. The number of aromatic nitrogens is 2. The summed E-state index contributed by atoms with van der Waals surface area (Å²) in [4.78, 5) is 13.7. The first kappa shape index (κ1) is 28.3. The summed E-state index contributed by atoms with van der Waals surface area (Å²) in [6.45, 7) is 4.76. The van der Waals surface area contributed by atoms with Gasteiger partial charge in [0.15, 0.2) is 11.6 Å². The van der Waals surface area contributed by atoms with E-state index in [1.165, 1.54) is 12.1 Å². The van der Waals surface area contributed by atoms with Crippen LogP contribution in [0.4, 0.5) is 19.6 Å². The normalized spacial score (nSPS) is 21.3. The topological polar surface area (TPSA) is 110 Å². The fourth-order valence-electron chi connectivity index (χ4n) is 6.63. The number of hydrogen-bond acceptors (Lipinski definition) is 10. The highest BCUT2D eigenvalue weighted by Gasteiger charge is 2.35. The van der Waals surface area contributed by atoms with E-state index in [0.29, 0.717) is 31.0 Å². The predicted molar refractivity (Wildman–Crippen MR) is 162 cm³/mol. The maximum absolute atomic E-state index is 17.0. The van der Waals surface area contributed by atoms with Gasteiger partial charge in [0.2, 0.25) is 0 Å². The third-order valence-corrected chi connectivity index (χ3v) is 10.1. The van der Waals surface area contributed by atoms with E-state index in [0.717, 1.165) is 37.1 Å². The van der Waals surface area contributed by atoms with Crippen LogP contribution in [0.2, 0.25) is 5.02 Å². The number of anilines is 2. The van der Waals surface area contributed by atoms with Gasteiger partial charge in [0.25, 0.3) is 0 Å². The number of ether oxygens (including phenoxy) is 3. The van der Waals surface area contributed by atoms with Crippen LogP contribution in [-0.4, -0.2) is 73.0 Å². The fourth-order valence-corrected chi connectivity index (χ4v) is 7.91. The van der Waals surface area contributed by atoms with Gasteiger partial charge in [-0.2, -0.15) is 15.2 Å². The van der Waals surface area contributed by atoms with E-state index in [1.807, 2.05) is 13.0 Å². The van der Waals surface area contributed by atoms with Crippen LogP contribution in [0, 0.1) is 23.0 Å². The fraction of sp³-hybridized carbons (Fsp3) is 0.433. The number of likely N-dealkylation sites (N-methyl/N-ethyl adjacent to an activating group) is 1. The molecule has 0 spiro atoms. The highest BCUT2D eigenvalue weighted by Crippen LogP contribution is 2.51. The van der Waals surface area contributed by atoms with E-state index in [1.54, 1.807) is 0 Å². The van der Waals surface area contributed by atoms with Gasteiger partial charge in [0.1, 0.15) is 40.9 Å². The lowest BCUT2D eigenvalue weighted by molar-refractivity contribution is 0.112. The molecule has 9 nitrogen and oxygen atoms in total. The largest absolute Gasteiger partial charge is 0.489 e. The molecule has 13 heteroatoms. The SMILES string of the molecule is C[C@H](Oc1nc2c3c(c(Cl)c(-c4ccc(F)c5sc(N)c(C#N)c45)c(F)c3n1)OCCN2C1CCOC1)[C@@H]1CCCN1C. The lowest BCUT2D eigenvalue weighted by Gasteiger charge is -2.29. The molecule has 7 rings (SSSR count). The number of hydrogen-bond donors (Lipinski definition) is 1. The molecular formula is C30H29ClF2N6O3S. The Hall–Kier alpha value is -3.50. The Balaban J connectivity index is 1.49. The average Bonchev–Trinajstić information content (AvgIpc) is 3.72. The maximum atomic E-state index is 17.0. The molecule has 3 aliphatic heterocycles. The van der Waals surface area contributed by atoms with Gasteiger partial charge in [-0.1, -0.05) is 17.7 Å². The molecule has 43 heavy (non-hydrogen) atoms. The molecule has 0 aliphatic carbocycles. The predicted octanol–water partition coefficient (Wildman–Crippen LogP) is 5.75. The van der Waals surface area contributed by atoms with Crippen LogP contribution in [0.5, 0.6) is 11.8 Å². The van der Waals surface area contributed by atoms with Gasteiger partial charge >= 0.3 is 6.01 Å². The van der Waals surface area contributed by atoms with Crippen LogP contribution < -0.4 is 20.1 Å². The molecule has 2 fully saturated rings. The third-order valence-electron chi connectivity index (χ3n) is 8.75. The zero-order valence-corrected chi connectivity index (χ0v) is 25.2. The number of thiophene rings is 1. The Morgan fingerprint density at radius 1 is 1.21 bits per heavy atom. The first-order valence-corrected chi connectivity index (χ1v) is 15.5. The number of nitrogens with zero attached hydrogens (tertiary/aromatic N) is 5. The van der Waals surface area contributed by atoms with Gasteiger partial charge in [-0.15, -0.1) is 11.3 Å². The summed E-state index contributed by atoms with van der Waals surface area (Å²) >= 11 is 7.91. The number of halogens is 3. The Bertz CT molecular complexity index is 1810. The van der Waals surface area contributed by atoms with Crippen molar-refractivity contribution in [3.63, 3.8) is 0 Å². The molecule has 0 saturated carbocycles. The molecule has 1 unspecified atom stereocenters. The number of likely N-dealkylation sites (tertiary alicyclic amines) is 1. The monoisotopic (exact) mass is 626 g/mol. The standard InChI is InChI=1S/C30H29ClF2N6O3S/c1-14(19-4-3-8-38(19)2)42-30-36-25-22-26(41-11-9-39(29(22)37-30)15-7-10-40-13-15)23(31)21(24(25)33)16-5-6-18(32)27-20(16)17(12-34)28(35)43-27/h5-6,14-15,19H,3-4,7-11,13,35H2,1-2H3/t14-,15?,19-/m0/s1. The van der Waals surface area contributed by atoms with Crippen molar-refractivity contribution in [2.45, 2.75) is 44.4 Å². The molecule has 2 saturated heterocycles. The molecule has 4 aromatic rings. The second kappa shape index (κ2) is 10.9. The number of benzene rings is 2. The van der Waals surface area contributed by atoms with Crippen molar-refractivity contribution in [3.8, 4) is 29.0 Å². The smallest absolute Gasteiger partial charge is 0.319 e. The minimum absolute atomic E-state index is 0.00379. The molecule has 2 aromatic heterocycles. The van der Waals surface area contributed by atoms with Gasteiger partial charge in [-0.05, 0) is 51.4 Å². The molecule has 2 aromatic carbocycles. The zero-order valence-electron chi connectivity index (χ0n) is 23.6. The van der Waals surface area contributed by atoms with Crippen molar-refractivity contribution < 1.29 is 23.0 Å². The number of nitrogens with two attached hydrogens (primary N) is 1. The number of nitriles is 1.